The molecule has 1 fully saturated rings. The predicted molar refractivity (Wildman–Crippen MR) is 129 cm³/mol. The second-order valence-corrected chi connectivity index (χ2v) is 7.61. The molecular weight excluding hydrogens is 501 g/mol. The van der Waals surface area contributed by atoms with Crippen molar-refractivity contribution in [2.75, 3.05) is 53.5 Å². The SMILES string of the molecule is CCOC(=O)N1CCC(NC(=NCC(=O)N(C)C)NCCCCOC(C)C)CC1.I. The van der Waals surface area contributed by atoms with Gasteiger partial charge < -0.3 is 29.9 Å². The molecular formula is C20H40IN5O4. The minimum atomic E-state index is -0.252. The zero-order valence-corrected chi connectivity index (χ0v) is 21.4. The highest BCUT2D eigenvalue weighted by atomic mass is 127. The molecule has 0 aromatic rings. The lowest BCUT2D eigenvalue weighted by molar-refractivity contribution is -0.127. The first-order valence-corrected chi connectivity index (χ1v) is 10.6. The lowest BCUT2D eigenvalue weighted by Gasteiger charge is -2.32. The van der Waals surface area contributed by atoms with Crippen LogP contribution in [0.25, 0.3) is 0 Å². The molecule has 0 atom stereocenters. The van der Waals surface area contributed by atoms with Gasteiger partial charge in [-0.2, -0.15) is 0 Å². The molecule has 0 aliphatic carbocycles. The average Bonchev–Trinajstić information content (AvgIpc) is 2.68. The van der Waals surface area contributed by atoms with Crippen LogP contribution in [-0.4, -0.2) is 93.4 Å². The number of likely N-dealkylation sites (tertiary alicyclic amines) is 1. The molecule has 0 saturated carbocycles. The fourth-order valence-corrected chi connectivity index (χ4v) is 2.81. The standard InChI is InChI=1S/C20H39N5O4.HI/c1-6-28-20(27)25-12-9-17(10-13-25)23-19(22-15-18(26)24(4)5)21-11-7-8-14-29-16(2)3;/h16-17H,6-15H2,1-5H3,(H2,21,22,23);1H. The van der Waals surface area contributed by atoms with Crippen LogP contribution in [0, 0.1) is 0 Å². The maximum Gasteiger partial charge on any atom is 0.409 e. The number of nitrogens with zero attached hydrogens (tertiary/aromatic N) is 3. The highest BCUT2D eigenvalue weighted by Gasteiger charge is 2.24. The number of unbranched alkanes of at least 4 members (excludes halogenated alkanes) is 1. The molecule has 176 valence electrons. The van der Waals surface area contributed by atoms with Crippen LogP contribution >= 0.6 is 24.0 Å². The number of carbonyl (C=O) groups excluding carboxylic acids is 2. The van der Waals surface area contributed by atoms with Gasteiger partial charge in [0.05, 0.1) is 12.7 Å². The number of hydrogen-bond donors (Lipinski definition) is 2. The Bertz CT molecular complexity index is 523. The zero-order chi connectivity index (χ0) is 21.6. The van der Waals surface area contributed by atoms with Gasteiger partial charge in [0.2, 0.25) is 5.91 Å². The maximum atomic E-state index is 11.9. The average molecular weight is 541 g/mol. The first-order chi connectivity index (χ1) is 13.8. The van der Waals surface area contributed by atoms with Crippen molar-refractivity contribution in [3.63, 3.8) is 0 Å². The van der Waals surface area contributed by atoms with E-state index in [1.54, 1.807) is 19.0 Å². The highest BCUT2D eigenvalue weighted by Crippen LogP contribution is 2.11. The largest absolute Gasteiger partial charge is 0.450 e. The first kappa shape index (κ1) is 28.7. The lowest BCUT2D eigenvalue weighted by atomic mass is 10.1. The monoisotopic (exact) mass is 541 g/mol. The van der Waals surface area contributed by atoms with Crippen LogP contribution in [0.5, 0.6) is 0 Å². The number of ether oxygens (including phenoxy) is 2. The van der Waals surface area contributed by atoms with Crippen LogP contribution in [0.3, 0.4) is 0 Å². The van der Waals surface area contributed by atoms with E-state index >= 15 is 0 Å². The highest BCUT2D eigenvalue weighted by molar-refractivity contribution is 14.0. The van der Waals surface area contributed by atoms with E-state index in [2.05, 4.69) is 15.6 Å². The molecule has 2 amide bonds. The van der Waals surface area contributed by atoms with Crippen LogP contribution in [-0.2, 0) is 14.3 Å². The Morgan fingerprint density at radius 3 is 2.43 bits per heavy atom. The number of nitrogens with one attached hydrogen (secondary N) is 2. The molecule has 2 N–H and O–H groups in total. The van der Waals surface area contributed by atoms with Gasteiger partial charge in [-0.3, -0.25) is 4.79 Å². The second kappa shape index (κ2) is 16.4. The van der Waals surface area contributed by atoms with E-state index in [4.69, 9.17) is 9.47 Å². The molecule has 0 aromatic carbocycles. The van der Waals surface area contributed by atoms with Crippen molar-refractivity contribution in [3.8, 4) is 0 Å². The van der Waals surface area contributed by atoms with E-state index in [0.717, 1.165) is 38.8 Å². The number of aliphatic imine (C=N–C) groups is 1. The molecule has 0 unspecified atom stereocenters. The molecule has 0 bridgehead atoms. The molecule has 1 aliphatic rings. The summed E-state index contributed by atoms with van der Waals surface area (Å²) in [5.74, 6) is 0.591. The quantitative estimate of drug-likeness (QED) is 0.190. The van der Waals surface area contributed by atoms with Crippen LogP contribution in [0.15, 0.2) is 4.99 Å². The van der Waals surface area contributed by atoms with Crippen molar-refractivity contribution in [2.24, 2.45) is 4.99 Å². The van der Waals surface area contributed by atoms with E-state index in [0.29, 0.717) is 25.7 Å². The lowest BCUT2D eigenvalue weighted by Crippen LogP contribution is -2.50. The van der Waals surface area contributed by atoms with E-state index < -0.39 is 0 Å². The number of carbonyl (C=O) groups is 2. The molecule has 10 heteroatoms. The molecule has 1 heterocycles. The first-order valence-electron chi connectivity index (χ1n) is 10.6. The Morgan fingerprint density at radius 2 is 1.87 bits per heavy atom. The summed E-state index contributed by atoms with van der Waals surface area (Å²) in [5.41, 5.74) is 0. The van der Waals surface area contributed by atoms with Gasteiger partial charge in [-0.25, -0.2) is 9.79 Å². The number of hydrogen-bond acceptors (Lipinski definition) is 5. The minimum Gasteiger partial charge on any atom is -0.450 e. The van der Waals surface area contributed by atoms with Crippen molar-refractivity contribution in [2.45, 2.75) is 58.6 Å². The number of amides is 2. The second-order valence-electron chi connectivity index (χ2n) is 7.61. The van der Waals surface area contributed by atoms with Gasteiger partial charge in [-0.05, 0) is 46.5 Å². The van der Waals surface area contributed by atoms with Gasteiger partial charge in [0, 0.05) is 46.4 Å². The third kappa shape index (κ3) is 12.4. The van der Waals surface area contributed by atoms with Gasteiger partial charge in [-0.1, -0.05) is 0 Å². The molecule has 1 saturated heterocycles. The Balaban J connectivity index is 0.00000841. The van der Waals surface area contributed by atoms with Gasteiger partial charge in [0.25, 0.3) is 0 Å². The smallest absolute Gasteiger partial charge is 0.409 e. The molecule has 0 aromatic heterocycles. The molecule has 0 radical (unpaired) electrons. The van der Waals surface area contributed by atoms with Crippen LogP contribution in [0.1, 0.15) is 46.5 Å². The van der Waals surface area contributed by atoms with E-state index in [-0.39, 0.29) is 54.7 Å². The van der Waals surface area contributed by atoms with Gasteiger partial charge in [0.1, 0.15) is 6.54 Å². The summed E-state index contributed by atoms with van der Waals surface area (Å²) < 4.78 is 10.6. The molecule has 9 nitrogen and oxygen atoms in total. The van der Waals surface area contributed by atoms with Crippen molar-refractivity contribution in [1.29, 1.82) is 0 Å². The van der Waals surface area contributed by atoms with Gasteiger partial charge >= 0.3 is 6.09 Å². The zero-order valence-electron chi connectivity index (χ0n) is 19.1. The van der Waals surface area contributed by atoms with E-state index in [1.807, 2.05) is 20.8 Å². The van der Waals surface area contributed by atoms with Crippen LogP contribution in [0.4, 0.5) is 4.79 Å². The topological polar surface area (TPSA) is 95.5 Å². The normalized spacial score (nSPS) is 14.9. The molecule has 0 spiro atoms. The van der Waals surface area contributed by atoms with Crippen molar-refractivity contribution < 1.29 is 19.1 Å². The van der Waals surface area contributed by atoms with Crippen molar-refractivity contribution in [3.05, 3.63) is 0 Å². The Kier molecular flexibility index (Phi) is 15.7. The number of likely N-dealkylation sites (N-methyl/N-ethyl adjacent to an activating group) is 1. The van der Waals surface area contributed by atoms with Crippen LogP contribution in [0.2, 0.25) is 0 Å². The maximum absolute atomic E-state index is 11.9. The van der Waals surface area contributed by atoms with Crippen molar-refractivity contribution in [1.82, 2.24) is 20.4 Å². The summed E-state index contributed by atoms with van der Waals surface area (Å²) in [6.07, 6.45) is 3.54. The number of piperidine rings is 1. The summed E-state index contributed by atoms with van der Waals surface area (Å²) >= 11 is 0. The molecule has 30 heavy (non-hydrogen) atoms. The van der Waals surface area contributed by atoms with Crippen molar-refractivity contribution >= 4 is 41.9 Å². The Labute approximate surface area is 198 Å². The number of guanidine groups is 1. The predicted octanol–water partition coefficient (Wildman–Crippen LogP) is 2.05. The molecule has 1 aliphatic heterocycles. The third-order valence-corrected chi connectivity index (χ3v) is 4.55. The van der Waals surface area contributed by atoms with E-state index in [9.17, 15) is 9.59 Å². The minimum absolute atomic E-state index is 0. The Morgan fingerprint density at radius 1 is 1.20 bits per heavy atom. The third-order valence-electron chi connectivity index (χ3n) is 4.55. The fourth-order valence-electron chi connectivity index (χ4n) is 2.81. The summed E-state index contributed by atoms with van der Waals surface area (Å²) in [6.45, 7) is 9.14. The summed E-state index contributed by atoms with van der Waals surface area (Å²) in [5, 5.41) is 6.72. The summed E-state index contributed by atoms with van der Waals surface area (Å²) in [7, 11) is 3.44. The van der Waals surface area contributed by atoms with Gasteiger partial charge in [0.15, 0.2) is 5.96 Å². The summed E-state index contributed by atoms with van der Waals surface area (Å²) in [6, 6.07) is 0.200. The fraction of sp³-hybridized carbons (Fsp3) is 0.850. The number of halogens is 1. The summed E-state index contributed by atoms with van der Waals surface area (Å²) in [4.78, 5) is 31.4. The molecule has 1 rings (SSSR count). The number of rotatable bonds is 10. The van der Waals surface area contributed by atoms with Crippen LogP contribution < -0.4 is 10.6 Å². The Hall–Kier alpha value is -1.30. The van der Waals surface area contributed by atoms with Gasteiger partial charge in [-0.15, -0.1) is 24.0 Å². The van der Waals surface area contributed by atoms with E-state index in [1.165, 1.54) is 4.90 Å².